The summed E-state index contributed by atoms with van der Waals surface area (Å²) in [5, 5.41) is 3.41. The van der Waals surface area contributed by atoms with Gasteiger partial charge in [0.1, 0.15) is 0 Å². The lowest BCUT2D eigenvalue weighted by Gasteiger charge is -2.29. The maximum atomic E-state index is 3.41. The Labute approximate surface area is 118 Å². The minimum Gasteiger partial charge on any atom is -0.314 e. The molecule has 1 aromatic carbocycles. The molecular formula is C17H28N2. The van der Waals surface area contributed by atoms with Gasteiger partial charge in [0, 0.05) is 32.7 Å². The van der Waals surface area contributed by atoms with Gasteiger partial charge in [-0.1, -0.05) is 45.0 Å². The zero-order valence-corrected chi connectivity index (χ0v) is 12.7. The number of nitrogens with one attached hydrogen (secondary N) is 1. The van der Waals surface area contributed by atoms with Crippen LogP contribution in [-0.2, 0) is 0 Å². The van der Waals surface area contributed by atoms with Crippen molar-refractivity contribution in [2.75, 3.05) is 32.7 Å². The second-order valence-corrected chi connectivity index (χ2v) is 5.93. The van der Waals surface area contributed by atoms with Crippen LogP contribution in [0, 0.1) is 0 Å². The quantitative estimate of drug-likeness (QED) is 0.874. The van der Waals surface area contributed by atoms with Crippen LogP contribution in [0.2, 0.25) is 0 Å². The Balaban J connectivity index is 1.93. The summed E-state index contributed by atoms with van der Waals surface area (Å²) in [5.74, 6) is 1.31. The Morgan fingerprint density at radius 3 is 2.05 bits per heavy atom. The predicted octanol–water partition coefficient (Wildman–Crippen LogP) is 3.21. The van der Waals surface area contributed by atoms with Gasteiger partial charge in [-0.2, -0.15) is 0 Å². The fourth-order valence-corrected chi connectivity index (χ4v) is 2.78. The summed E-state index contributed by atoms with van der Waals surface area (Å²) in [6.07, 6.45) is 1.22. The van der Waals surface area contributed by atoms with E-state index >= 15 is 0 Å². The molecule has 19 heavy (non-hydrogen) atoms. The van der Waals surface area contributed by atoms with E-state index in [1.54, 1.807) is 0 Å². The third-order valence-corrected chi connectivity index (χ3v) is 4.43. The lowest BCUT2D eigenvalue weighted by molar-refractivity contribution is 0.230. The van der Waals surface area contributed by atoms with Crippen LogP contribution in [0.25, 0.3) is 0 Å². The van der Waals surface area contributed by atoms with Crippen molar-refractivity contribution in [1.82, 2.24) is 10.2 Å². The molecule has 0 amide bonds. The Morgan fingerprint density at radius 2 is 1.53 bits per heavy atom. The fraction of sp³-hybridized carbons (Fsp3) is 0.647. The minimum atomic E-state index is 0.629. The molecule has 1 aromatic rings. The molecule has 2 nitrogen and oxygen atoms in total. The first-order valence-corrected chi connectivity index (χ1v) is 7.73. The van der Waals surface area contributed by atoms with Crippen molar-refractivity contribution in [2.24, 2.45) is 0 Å². The van der Waals surface area contributed by atoms with Crippen LogP contribution in [0.15, 0.2) is 24.3 Å². The van der Waals surface area contributed by atoms with Crippen molar-refractivity contribution in [3.05, 3.63) is 35.4 Å². The number of benzene rings is 1. The molecule has 0 aliphatic carbocycles. The van der Waals surface area contributed by atoms with E-state index < -0.39 is 0 Å². The molecule has 2 atom stereocenters. The van der Waals surface area contributed by atoms with E-state index in [0.717, 1.165) is 13.1 Å². The molecule has 1 heterocycles. The molecule has 1 fully saturated rings. The molecule has 1 saturated heterocycles. The van der Waals surface area contributed by atoms with Crippen LogP contribution in [0.1, 0.15) is 50.2 Å². The van der Waals surface area contributed by atoms with Crippen molar-refractivity contribution in [1.29, 1.82) is 0 Å². The van der Waals surface area contributed by atoms with Gasteiger partial charge in [0.2, 0.25) is 0 Å². The number of hydrogen-bond acceptors (Lipinski definition) is 2. The van der Waals surface area contributed by atoms with Gasteiger partial charge in [0.05, 0.1) is 0 Å². The van der Waals surface area contributed by atoms with Crippen molar-refractivity contribution < 1.29 is 0 Å². The SMILES string of the molecule is CCC(C)c1ccc(C(C)CN2CCNCC2)cc1. The maximum Gasteiger partial charge on any atom is 0.0108 e. The van der Waals surface area contributed by atoms with Gasteiger partial charge in [-0.25, -0.2) is 0 Å². The van der Waals surface area contributed by atoms with Gasteiger partial charge in [0.15, 0.2) is 0 Å². The average Bonchev–Trinajstić information content (AvgIpc) is 2.47. The third-order valence-electron chi connectivity index (χ3n) is 4.43. The molecule has 0 saturated carbocycles. The van der Waals surface area contributed by atoms with Crippen LogP contribution in [-0.4, -0.2) is 37.6 Å². The van der Waals surface area contributed by atoms with Gasteiger partial charge < -0.3 is 10.2 Å². The summed E-state index contributed by atoms with van der Waals surface area (Å²) in [7, 11) is 0. The normalized spacial score (nSPS) is 20.2. The van der Waals surface area contributed by atoms with Crippen LogP contribution in [0.3, 0.4) is 0 Å². The number of nitrogens with zero attached hydrogens (tertiary/aromatic N) is 1. The van der Waals surface area contributed by atoms with E-state index in [9.17, 15) is 0 Å². The van der Waals surface area contributed by atoms with Crippen LogP contribution in [0.5, 0.6) is 0 Å². The second kappa shape index (κ2) is 7.06. The topological polar surface area (TPSA) is 15.3 Å². The van der Waals surface area contributed by atoms with Crippen molar-refractivity contribution in [2.45, 2.75) is 39.0 Å². The lowest BCUT2D eigenvalue weighted by atomic mass is 9.94. The monoisotopic (exact) mass is 260 g/mol. The molecular weight excluding hydrogens is 232 g/mol. The number of hydrogen-bond donors (Lipinski definition) is 1. The van der Waals surface area contributed by atoms with Crippen LogP contribution in [0.4, 0.5) is 0 Å². The summed E-state index contributed by atoms with van der Waals surface area (Å²) < 4.78 is 0. The summed E-state index contributed by atoms with van der Waals surface area (Å²) >= 11 is 0. The van der Waals surface area contributed by atoms with Gasteiger partial charge in [-0.05, 0) is 29.4 Å². The van der Waals surface area contributed by atoms with Gasteiger partial charge in [-0.15, -0.1) is 0 Å². The Hall–Kier alpha value is -0.860. The zero-order chi connectivity index (χ0) is 13.7. The molecule has 2 unspecified atom stereocenters. The van der Waals surface area contributed by atoms with E-state index in [-0.39, 0.29) is 0 Å². The molecule has 2 heteroatoms. The molecule has 0 aromatic heterocycles. The van der Waals surface area contributed by atoms with Crippen molar-refractivity contribution in [3.8, 4) is 0 Å². The highest BCUT2D eigenvalue weighted by molar-refractivity contribution is 5.27. The first-order chi connectivity index (χ1) is 9.20. The third kappa shape index (κ3) is 4.05. The highest BCUT2D eigenvalue weighted by Gasteiger charge is 2.14. The molecule has 0 bridgehead atoms. The Morgan fingerprint density at radius 1 is 1.00 bits per heavy atom. The number of piperazine rings is 1. The van der Waals surface area contributed by atoms with Crippen LogP contribution >= 0.6 is 0 Å². The van der Waals surface area contributed by atoms with E-state index in [1.165, 1.54) is 37.2 Å². The molecule has 1 aliphatic heterocycles. The number of rotatable bonds is 5. The van der Waals surface area contributed by atoms with Crippen molar-refractivity contribution >= 4 is 0 Å². The van der Waals surface area contributed by atoms with E-state index in [4.69, 9.17) is 0 Å². The maximum absolute atomic E-state index is 3.41. The zero-order valence-electron chi connectivity index (χ0n) is 12.7. The van der Waals surface area contributed by atoms with E-state index in [1.807, 2.05) is 0 Å². The summed E-state index contributed by atoms with van der Waals surface area (Å²) in [4.78, 5) is 2.57. The van der Waals surface area contributed by atoms with Gasteiger partial charge in [0.25, 0.3) is 0 Å². The Bertz CT molecular complexity index is 365. The summed E-state index contributed by atoms with van der Waals surface area (Å²) in [5.41, 5.74) is 2.95. The standard InChI is InChI=1S/C17H28N2/c1-4-14(2)16-5-7-17(8-6-16)15(3)13-19-11-9-18-10-12-19/h5-8,14-15,18H,4,9-13H2,1-3H3. The highest BCUT2D eigenvalue weighted by Crippen LogP contribution is 2.22. The molecule has 1 aliphatic rings. The second-order valence-electron chi connectivity index (χ2n) is 5.93. The molecule has 2 rings (SSSR count). The highest BCUT2D eigenvalue weighted by atomic mass is 15.2. The molecule has 106 valence electrons. The van der Waals surface area contributed by atoms with Crippen LogP contribution < -0.4 is 5.32 Å². The largest absolute Gasteiger partial charge is 0.314 e. The van der Waals surface area contributed by atoms with E-state index in [2.05, 4.69) is 55.3 Å². The first-order valence-electron chi connectivity index (χ1n) is 7.73. The van der Waals surface area contributed by atoms with Gasteiger partial charge in [-0.3, -0.25) is 0 Å². The molecule has 0 spiro atoms. The minimum absolute atomic E-state index is 0.629. The summed E-state index contributed by atoms with van der Waals surface area (Å²) in [6.45, 7) is 12.7. The smallest absolute Gasteiger partial charge is 0.0108 e. The Kier molecular flexibility index (Phi) is 5.41. The lowest BCUT2D eigenvalue weighted by Crippen LogP contribution is -2.44. The first kappa shape index (κ1) is 14.5. The van der Waals surface area contributed by atoms with Crippen molar-refractivity contribution in [3.63, 3.8) is 0 Å². The average molecular weight is 260 g/mol. The summed E-state index contributed by atoms with van der Waals surface area (Å²) in [6, 6.07) is 9.29. The van der Waals surface area contributed by atoms with Gasteiger partial charge >= 0.3 is 0 Å². The fourth-order valence-electron chi connectivity index (χ4n) is 2.78. The molecule has 0 radical (unpaired) electrons. The molecule has 1 N–H and O–H groups in total. The van der Waals surface area contributed by atoms with E-state index in [0.29, 0.717) is 11.8 Å². The predicted molar refractivity (Wildman–Crippen MR) is 82.9 cm³/mol.